The molecular weight excluding hydrogens is 250 g/mol. The van der Waals surface area contributed by atoms with Crippen LogP contribution >= 0.6 is 0 Å². The quantitative estimate of drug-likeness (QED) is 0.820. The van der Waals surface area contributed by atoms with Crippen LogP contribution in [0.1, 0.15) is 18.9 Å². The van der Waals surface area contributed by atoms with E-state index < -0.39 is 17.6 Å². The van der Waals surface area contributed by atoms with Crippen molar-refractivity contribution in [2.24, 2.45) is 0 Å². The Morgan fingerprint density at radius 3 is 2.50 bits per heavy atom. The van der Waals surface area contributed by atoms with Gasteiger partial charge in [0, 0.05) is 19.8 Å². The second kappa shape index (κ2) is 6.04. The van der Waals surface area contributed by atoms with E-state index in [9.17, 15) is 17.6 Å². The number of halogens is 4. The van der Waals surface area contributed by atoms with E-state index in [4.69, 9.17) is 4.74 Å². The summed E-state index contributed by atoms with van der Waals surface area (Å²) in [4.78, 5) is 0. The van der Waals surface area contributed by atoms with Gasteiger partial charge >= 0.3 is 6.18 Å². The van der Waals surface area contributed by atoms with Crippen molar-refractivity contribution in [3.63, 3.8) is 0 Å². The summed E-state index contributed by atoms with van der Waals surface area (Å²) in [6, 6.07) is 2.36. The first kappa shape index (κ1) is 14.8. The molecule has 1 aromatic rings. The van der Waals surface area contributed by atoms with Gasteiger partial charge < -0.3 is 10.1 Å². The fraction of sp³-hybridized carbons (Fsp3) is 0.500. The van der Waals surface area contributed by atoms with Crippen molar-refractivity contribution in [1.82, 2.24) is 0 Å². The zero-order chi connectivity index (χ0) is 13.8. The van der Waals surface area contributed by atoms with Crippen LogP contribution in [-0.2, 0) is 10.9 Å². The monoisotopic (exact) mass is 265 g/mol. The molecule has 18 heavy (non-hydrogen) atoms. The van der Waals surface area contributed by atoms with Crippen molar-refractivity contribution in [3.8, 4) is 0 Å². The average molecular weight is 265 g/mol. The molecule has 102 valence electrons. The number of benzene rings is 1. The van der Waals surface area contributed by atoms with Crippen LogP contribution < -0.4 is 5.32 Å². The Balaban J connectivity index is 2.74. The second-order valence-corrected chi connectivity index (χ2v) is 4.02. The van der Waals surface area contributed by atoms with Crippen LogP contribution in [0.15, 0.2) is 18.2 Å². The van der Waals surface area contributed by atoms with E-state index >= 15 is 0 Å². The Morgan fingerprint density at radius 2 is 2.00 bits per heavy atom. The van der Waals surface area contributed by atoms with Crippen LogP contribution in [0.5, 0.6) is 0 Å². The average Bonchev–Trinajstić information content (AvgIpc) is 2.27. The molecule has 1 aromatic carbocycles. The van der Waals surface area contributed by atoms with Gasteiger partial charge in [-0.05, 0) is 31.5 Å². The molecule has 0 saturated heterocycles. The summed E-state index contributed by atoms with van der Waals surface area (Å²) < 4.78 is 55.3. The van der Waals surface area contributed by atoms with E-state index in [0.717, 1.165) is 12.1 Å². The van der Waals surface area contributed by atoms with Gasteiger partial charge in [0.1, 0.15) is 5.82 Å². The fourth-order valence-electron chi connectivity index (χ4n) is 1.44. The van der Waals surface area contributed by atoms with E-state index in [-0.39, 0.29) is 11.7 Å². The van der Waals surface area contributed by atoms with Gasteiger partial charge in [0.05, 0.1) is 11.3 Å². The molecule has 0 bridgehead atoms. The summed E-state index contributed by atoms with van der Waals surface area (Å²) in [5, 5.41) is 2.80. The molecule has 0 aliphatic rings. The third kappa shape index (κ3) is 4.18. The van der Waals surface area contributed by atoms with E-state index in [2.05, 4.69) is 5.32 Å². The van der Waals surface area contributed by atoms with Crippen molar-refractivity contribution in [2.45, 2.75) is 25.6 Å². The number of nitrogens with one attached hydrogen (secondary N) is 1. The minimum atomic E-state index is -4.53. The van der Waals surface area contributed by atoms with Crippen molar-refractivity contribution in [3.05, 3.63) is 29.6 Å². The molecule has 0 radical (unpaired) electrons. The molecule has 0 amide bonds. The van der Waals surface area contributed by atoms with Gasteiger partial charge in [0.2, 0.25) is 0 Å². The zero-order valence-electron chi connectivity index (χ0n) is 10.1. The normalized spacial score (nSPS) is 13.4. The van der Waals surface area contributed by atoms with Crippen LogP contribution in [0.25, 0.3) is 0 Å². The molecule has 1 rings (SSSR count). The minimum Gasteiger partial charge on any atom is -0.385 e. The summed E-state index contributed by atoms with van der Waals surface area (Å²) in [6.07, 6.45) is -3.89. The first-order valence-electron chi connectivity index (χ1n) is 5.47. The van der Waals surface area contributed by atoms with Crippen molar-refractivity contribution < 1.29 is 22.3 Å². The molecule has 2 nitrogen and oxygen atoms in total. The van der Waals surface area contributed by atoms with E-state index in [1.807, 2.05) is 0 Å². The Labute approximate surface area is 103 Å². The first-order valence-corrected chi connectivity index (χ1v) is 5.47. The number of ether oxygens (including phenoxy) is 1. The van der Waals surface area contributed by atoms with Crippen LogP contribution in [0.2, 0.25) is 0 Å². The second-order valence-electron chi connectivity index (χ2n) is 4.02. The number of hydrogen-bond acceptors (Lipinski definition) is 2. The molecule has 1 atom stereocenters. The van der Waals surface area contributed by atoms with Crippen LogP contribution in [-0.4, -0.2) is 19.8 Å². The molecule has 1 N–H and O–H groups in total. The maximum absolute atomic E-state index is 13.5. The predicted molar refractivity (Wildman–Crippen MR) is 61.0 cm³/mol. The molecule has 0 fully saturated rings. The van der Waals surface area contributed by atoms with Crippen LogP contribution in [0, 0.1) is 5.82 Å². The summed E-state index contributed by atoms with van der Waals surface area (Å²) in [5.41, 5.74) is -0.929. The highest BCUT2D eigenvalue weighted by Crippen LogP contribution is 2.31. The molecule has 0 spiro atoms. The molecule has 0 aromatic heterocycles. The predicted octanol–water partition coefficient (Wildman–Crippen LogP) is 3.68. The standard InChI is InChI=1S/C12H15F4NO/c1-8(5-6-18-2)17-11-4-3-9(7-10(11)13)12(14,15)16/h3-4,7-8,17H,5-6H2,1-2H3. The molecule has 0 saturated carbocycles. The van der Waals surface area contributed by atoms with Gasteiger partial charge in [0.25, 0.3) is 0 Å². The number of anilines is 1. The maximum Gasteiger partial charge on any atom is 0.416 e. The lowest BCUT2D eigenvalue weighted by Crippen LogP contribution is -2.18. The number of hydrogen-bond donors (Lipinski definition) is 1. The highest BCUT2D eigenvalue weighted by Gasteiger charge is 2.31. The summed E-state index contributed by atoms with van der Waals surface area (Å²) in [6.45, 7) is 2.30. The number of alkyl halides is 3. The smallest absolute Gasteiger partial charge is 0.385 e. The van der Waals surface area contributed by atoms with Crippen LogP contribution in [0.4, 0.5) is 23.2 Å². The highest BCUT2D eigenvalue weighted by molar-refractivity contribution is 5.47. The Kier molecular flexibility index (Phi) is 4.95. The fourth-order valence-corrected chi connectivity index (χ4v) is 1.44. The summed E-state index contributed by atoms with van der Waals surface area (Å²) in [5.74, 6) is -0.908. The van der Waals surface area contributed by atoms with Crippen LogP contribution in [0.3, 0.4) is 0 Å². The van der Waals surface area contributed by atoms with Crippen molar-refractivity contribution in [1.29, 1.82) is 0 Å². The van der Waals surface area contributed by atoms with E-state index in [1.54, 1.807) is 14.0 Å². The van der Waals surface area contributed by atoms with Gasteiger partial charge in [-0.3, -0.25) is 0 Å². The SMILES string of the molecule is COCCC(C)Nc1ccc(C(F)(F)F)cc1F. The molecular formula is C12H15F4NO. The first-order chi connectivity index (χ1) is 8.34. The molecule has 0 heterocycles. The van der Waals surface area contributed by atoms with Gasteiger partial charge in [0.15, 0.2) is 0 Å². The summed E-state index contributed by atoms with van der Waals surface area (Å²) >= 11 is 0. The number of rotatable bonds is 5. The Morgan fingerprint density at radius 1 is 1.33 bits per heavy atom. The molecule has 6 heteroatoms. The third-order valence-corrected chi connectivity index (χ3v) is 2.45. The lowest BCUT2D eigenvalue weighted by Gasteiger charge is -2.16. The summed E-state index contributed by atoms with van der Waals surface area (Å²) in [7, 11) is 1.55. The lowest BCUT2D eigenvalue weighted by atomic mass is 10.1. The van der Waals surface area contributed by atoms with Gasteiger partial charge in [-0.1, -0.05) is 0 Å². The minimum absolute atomic E-state index is 0.0617. The lowest BCUT2D eigenvalue weighted by molar-refractivity contribution is -0.137. The Bertz CT molecular complexity index is 392. The van der Waals surface area contributed by atoms with Gasteiger partial charge in [-0.15, -0.1) is 0 Å². The highest BCUT2D eigenvalue weighted by atomic mass is 19.4. The third-order valence-electron chi connectivity index (χ3n) is 2.45. The van der Waals surface area contributed by atoms with E-state index in [0.29, 0.717) is 19.1 Å². The van der Waals surface area contributed by atoms with Gasteiger partial charge in [-0.25, -0.2) is 4.39 Å². The van der Waals surface area contributed by atoms with E-state index in [1.165, 1.54) is 0 Å². The number of methoxy groups -OCH3 is 1. The molecule has 0 aliphatic heterocycles. The largest absolute Gasteiger partial charge is 0.416 e. The van der Waals surface area contributed by atoms with Crippen molar-refractivity contribution >= 4 is 5.69 Å². The molecule has 0 aliphatic carbocycles. The molecule has 1 unspecified atom stereocenters. The van der Waals surface area contributed by atoms with Crippen molar-refractivity contribution in [2.75, 3.05) is 19.0 Å². The zero-order valence-corrected chi connectivity index (χ0v) is 10.1. The van der Waals surface area contributed by atoms with Gasteiger partial charge in [-0.2, -0.15) is 13.2 Å². The Hall–Kier alpha value is -1.30. The topological polar surface area (TPSA) is 21.3 Å². The maximum atomic E-state index is 13.5.